The van der Waals surface area contributed by atoms with E-state index in [1.54, 1.807) is 18.2 Å². The SMILES string of the molecule is O=S(=O)(Nc1cccc(C2=NCCc3ccccc32)c1)c1ccc(OC(F)(F)F)cc1. The van der Waals surface area contributed by atoms with Gasteiger partial charge in [-0.25, -0.2) is 8.42 Å². The second-order valence-corrected chi connectivity index (χ2v) is 8.53. The molecule has 0 atom stereocenters. The standard InChI is InChI=1S/C22H17F3N2O3S/c23-22(24,25)30-18-8-10-19(11-9-18)31(28,29)27-17-6-3-5-16(14-17)21-20-7-2-1-4-15(20)12-13-26-21/h1-11,14,27H,12-13H2. The third-order valence-electron chi connectivity index (χ3n) is 4.68. The molecule has 160 valence electrons. The van der Waals surface area contributed by atoms with Crippen LogP contribution in [0.1, 0.15) is 16.7 Å². The number of anilines is 1. The number of alkyl halides is 3. The molecule has 0 fully saturated rings. The Hall–Kier alpha value is -3.33. The van der Waals surface area contributed by atoms with Crippen LogP contribution in [0.2, 0.25) is 0 Å². The Bertz CT molecular complexity index is 1240. The molecule has 0 amide bonds. The second kappa shape index (κ2) is 8.07. The van der Waals surface area contributed by atoms with E-state index >= 15 is 0 Å². The van der Waals surface area contributed by atoms with Crippen molar-refractivity contribution in [1.29, 1.82) is 0 Å². The third kappa shape index (κ3) is 4.88. The van der Waals surface area contributed by atoms with Crippen LogP contribution >= 0.6 is 0 Å². The highest BCUT2D eigenvalue weighted by Crippen LogP contribution is 2.26. The number of nitrogens with zero attached hydrogens (tertiary/aromatic N) is 1. The highest BCUT2D eigenvalue weighted by molar-refractivity contribution is 7.92. The first-order valence-electron chi connectivity index (χ1n) is 9.33. The average molecular weight is 446 g/mol. The zero-order chi connectivity index (χ0) is 22.1. The number of fused-ring (bicyclic) bond motifs is 1. The Kier molecular flexibility index (Phi) is 5.45. The van der Waals surface area contributed by atoms with Crippen LogP contribution in [0, 0.1) is 0 Å². The Morgan fingerprint density at radius 2 is 1.68 bits per heavy atom. The molecular weight excluding hydrogens is 429 g/mol. The van der Waals surface area contributed by atoms with E-state index in [1.807, 2.05) is 30.3 Å². The van der Waals surface area contributed by atoms with E-state index < -0.39 is 22.1 Å². The molecule has 0 bridgehead atoms. The van der Waals surface area contributed by atoms with Crippen LogP contribution in [0.15, 0.2) is 82.7 Å². The van der Waals surface area contributed by atoms with E-state index in [9.17, 15) is 21.6 Å². The number of ether oxygens (including phenoxy) is 1. The summed E-state index contributed by atoms with van der Waals surface area (Å²) >= 11 is 0. The Morgan fingerprint density at radius 1 is 0.935 bits per heavy atom. The lowest BCUT2D eigenvalue weighted by Gasteiger charge is -2.17. The van der Waals surface area contributed by atoms with Crippen molar-refractivity contribution in [2.24, 2.45) is 4.99 Å². The summed E-state index contributed by atoms with van der Waals surface area (Å²) in [6, 6.07) is 18.8. The number of hydrogen-bond acceptors (Lipinski definition) is 4. The Balaban J connectivity index is 1.57. The van der Waals surface area contributed by atoms with Crippen molar-refractivity contribution in [3.63, 3.8) is 0 Å². The molecule has 0 radical (unpaired) electrons. The predicted molar refractivity (Wildman–Crippen MR) is 111 cm³/mol. The highest BCUT2D eigenvalue weighted by Gasteiger charge is 2.31. The molecule has 1 heterocycles. The summed E-state index contributed by atoms with van der Waals surface area (Å²) in [6.07, 6.45) is -4.00. The summed E-state index contributed by atoms with van der Waals surface area (Å²) < 4.78 is 68.4. The van der Waals surface area contributed by atoms with Crippen molar-refractivity contribution in [1.82, 2.24) is 0 Å². The molecule has 0 aliphatic carbocycles. The van der Waals surface area contributed by atoms with Gasteiger partial charge in [0.25, 0.3) is 10.0 Å². The number of rotatable bonds is 5. The van der Waals surface area contributed by atoms with E-state index in [2.05, 4.69) is 14.5 Å². The van der Waals surface area contributed by atoms with Crippen LogP contribution in [0.4, 0.5) is 18.9 Å². The minimum absolute atomic E-state index is 0.187. The Morgan fingerprint density at radius 3 is 2.42 bits per heavy atom. The largest absolute Gasteiger partial charge is 0.573 e. The fourth-order valence-corrected chi connectivity index (χ4v) is 4.40. The summed E-state index contributed by atoms with van der Waals surface area (Å²) in [5, 5.41) is 0. The lowest BCUT2D eigenvalue weighted by Crippen LogP contribution is -2.17. The van der Waals surface area contributed by atoms with E-state index in [0.717, 1.165) is 47.5 Å². The number of benzene rings is 3. The molecule has 5 nitrogen and oxygen atoms in total. The topological polar surface area (TPSA) is 67.8 Å². The lowest BCUT2D eigenvalue weighted by molar-refractivity contribution is -0.274. The predicted octanol–water partition coefficient (Wildman–Crippen LogP) is 4.78. The third-order valence-corrected chi connectivity index (χ3v) is 6.08. The fraction of sp³-hybridized carbons (Fsp3) is 0.136. The van der Waals surface area contributed by atoms with Crippen molar-refractivity contribution in [3.8, 4) is 5.75 Å². The van der Waals surface area contributed by atoms with Crippen molar-refractivity contribution in [2.75, 3.05) is 11.3 Å². The number of nitrogens with one attached hydrogen (secondary N) is 1. The summed E-state index contributed by atoms with van der Waals surface area (Å²) in [7, 11) is -4.01. The molecule has 3 aromatic carbocycles. The first kappa shape index (κ1) is 20.9. The maximum Gasteiger partial charge on any atom is 0.573 e. The molecule has 3 aromatic rings. The van der Waals surface area contributed by atoms with Crippen molar-refractivity contribution in [3.05, 3.63) is 89.5 Å². The molecular formula is C22H17F3N2O3S. The van der Waals surface area contributed by atoms with Crippen LogP contribution in [-0.4, -0.2) is 27.0 Å². The molecule has 1 N–H and O–H groups in total. The van der Waals surface area contributed by atoms with Gasteiger partial charge >= 0.3 is 6.36 Å². The maximum atomic E-state index is 12.7. The highest BCUT2D eigenvalue weighted by atomic mass is 32.2. The molecule has 0 saturated carbocycles. The molecule has 4 rings (SSSR count). The first-order chi connectivity index (χ1) is 14.7. The minimum atomic E-state index is -4.85. The zero-order valence-corrected chi connectivity index (χ0v) is 16.9. The molecule has 0 spiro atoms. The van der Waals surface area contributed by atoms with Crippen molar-refractivity contribution < 1.29 is 26.3 Å². The molecule has 9 heteroatoms. The summed E-state index contributed by atoms with van der Waals surface area (Å²) in [5.41, 5.74) is 4.06. The van der Waals surface area contributed by atoms with Gasteiger partial charge in [-0.05, 0) is 48.4 Å². The van der Waals surface area contributed by atoms with Crippen LogP contribution in [0.5, 0.6) is 5.75 Å². The summed E-state index contributed by atoms with van der Waals surface area (Å²) in [4.78, 5) is 4.42. The summed E-state index contributed by atoms with van der Waals surface area (Å²) in [5.74, 6) is -0.498. The smallest absolute Gasteiger partial charge is 0.406 e. The van der Waals surface area contributed by atoms with Gasteiger partial charge in [0.15, 0.2) is 0 Å². The quantitative estimate of drug-likeness (QED) is 0.613. The summed E-state index contributed by atoms with van der Waals surface area (Å²) in [6.45, 7) is 0.647. The van der Waals surface area contributed by atoms with E-state index in [0.29, 0.717) is 12.2 Å². The van der Waals surface area contributed by atoms with Crippen molar-refractivity contribution in [2.45, 2.75) is 17.7 Å². The van der Waals surface area contributed by atoms with E-state index in [1.165, 1.54) is 5.56 Å². The molecule has 0 saturated heterocycles. The van der Waals surface area contributed by atoms with Crippen molar-refractivity contribution >= 4 is 21.4 Å². The van der Waals surface area contributed by atoms with Gasteiger partial charge in [-0.15, -0.1) is 13.2 Å². The van der Waals surface area contributed by atoms with Gasteiger partial charge in [-0.3, -0.25) is 9.71 Å². The fourth-order valence-electron chi connectivity index (χ4n) is 3.35. The second-order valence-electron chi connectivity index (χ2n) is 6.84. The number of halogens is 3. The van der Waals surface area contributed by atoms with Crippen LogP contribution in [0.25, 0.3) is 0 Å². The average Bonchev–Trinajstić information content (AvgIpc) is 2.72. The molecule has 0 unspecified atom stereocenters. The van der Waals surface area contributed by atoms with Gasteiger partial charge in [-0.1, -0.05) is 36.4 Å². The number of sulfonamides is 1. The van der Waals surface area contributed by atoms with Crippen LogP contribution < -0.4 is 9.46 Å². The van der Waals surface area contributed by atoms with E-state index in [4.69, 9.17) is 0 Å². The monoisotopic (exact) mass is 446 g/mol. The van der Waals surface area contributed by atoms with Gasteiger partial charge in [0.05, 0.1) is 10.6 Å². The van der Waals surface area contributed by atoms with Crippen LogP contribution in [-0.2, 0) is 16.4 Å². The Labute approximate surface area is 177 Å². The lowest BCUT2D eigenvalue weighted by atomic mass is 9.93. The van der Waals surface area contributed by atoms with Gasteiger partial charge in [0.2, 0.25) is 0 Å². The zero-order valence-electron chi connectivity index (χ0n) is 16.1. The first-order valence-corrected chi connectivity index (χ1v) is 10.8. The maximum absolute atomic E-state index is 12.7. The molecule has 0 aromatic heterocycles. The minimum Gasteiger partial charge on any atom is -0.406 e. The van der Waals surface area contributed by atoms with Crippen LogP contribution in [0.3, 0.4) is 0 Å². The van der Waals surface area contributed by atoms with E-state index in [-0.39, 0.29) is 4.90 Å². The molecule has 31 heavy (non-hydrogen) atoms. The molecule has 1 aliphatic heterocycles. The van der Waals surface area contributed by atoms with Gasteiger partial charge in [0.1, 0.15) is 5.75 Å². The van der Waals surface area contributed by atoms with Gasteiger partial charge in [-0.2, -0.15) is 0 Å². The molecule has 1 aliphatic rings. The van der Waals surface area contributed by atoms with Gasteiger partial charge < -0.3 is 4.74 Å². The number of hydrogen-bond donors (Lipinski definition) is 1. The van der Waals surface area contributed by atoms with Gasteiger partial charge in [0, 0.05) is 23.4 Å². The normalized spacial score (nSPS) is 13.8. The number of aliphatic imine (C=N–C) groups is 1.